The molecule has 2 nitrogen and oxygen atoms in total. The summed E-state index contributed by atoms with van der Waals surface area (Å²) in [4.78, 5) is 4.28. The van der Waals surface area contributed by atoms with Gasteiger partial charge in [-0.2, -0.15) is 11.3 Å². The van der Waals surface area contributed by atoms with E-state index in [1.54, 1.807) is 22.7 Å². The number of fused-ring (bicyclic) bond motifs is 1. The summed E-state index contributed by atoms with van der Waals surface area (Å²) in [5.74, 6) is 0. The summed E-state index contributed by atoms with van der Waals surface area (Å²) in [6.07, 6.45) is 0. The van der Waals surface area contributed by atoms with E-state index in [0.29, 0.717) is 6.04 Å². The molecule has 1 aromatic carbocycles. The normalized spacial score (nSPS) is 12.8. The van der Waals surface area contributed by atoms with Gasteiger partial charge in [0.2, 0.25) is 0 Å². The third-order valence-electron chi connectivity index (χ3n) is 2.76. The molecule has 0 aliphatic rings. The maximum Gasteiger partial charge on any atom is 0.0813 e. The monoisotopic (exact) mass is 260 g/mol. The number of aromatic nitrogens is 1. The van der Waals surface area contributed by atoms with Crippen LogP contribution in [0.25, 0.3) is 10.2 Å². The van der Waals surface area contributed by atoms with Gasteiger partial charge in [0.1, 0.15) is 0 Å². The molecule has 0 saturated heterocycles. The lowest BCUT2D eigenvalue weighted by Crippen LogP contribution is -2.04. The van der Waals surface area contributed by atoms with Gasteiger partial charge in [0.25, 0.3) is 0 Å². The second-order valence-electron chi connectivity index (χ2n) is 3.96. The fourth-order valence-electron chi connectivity index (χ4n) is 1.80. The van der Waals surface area contributed by atoms with E-state index in [2.05, 4.69) is 52.3 Å². The zero-order chi connectivity index (χ0) is 11.7. The summed E-state index contributed by atoms with van der Waals surface area (Å²) >= 11 is 3.41. The Bertz CT molecular complexity index is 613. The van der Waals surface area contributed by atoms with Crippen LogP contribution in [0.5, 0.6) is 0 Å². The van der Waals surface area contributed by atoms with Crippen molar-refractivity contribution in [1.82, 2.24) is 4.98 Å². The second kappa shape index (κ2) is 4.47. The Labute approximate surface area is 108 Å². The molecule has 3 rings (SSSR count). The highest BCUT2D eigenvalue weighted by Crippen LogP contribution is 2.25. The number of nitrogens with one attached hydrogen (secondary N) is 1. The fourth-order valence-corrected chi connectivity index (χ4v) is 3.27. The molecule has 0 aliphatic carbocycles. The number of benzene rings is 1. The van der Waals surface area contributed by atoms with E-state index < -0.39 is 0 Å². The summed E-state index contributed by atoms with van der Waals surface area (Å²) in [6, 6.07) is 8.81. The number of hydrogen-bond acceptors (Lipinski definition) is 4. The minimum atomic E-state index is 0.339. The Hall–Kier alpha value is -1.39. The van der Waals surface area contributed by atoms with Gasteiger partial charge in [-0.15, -0.1) is 11.3 Å². The molecule has 0 aliphatic heterocycles. The number of nitrogens with zero attached hydrogens (tertiary/aromatic N) is 1. The summed E-state index contributed by atoms with van der Waals surface area (Å²) in [6.45, 7) is 2.18. The van der Waals surface area contributed by atoms with Crippen molar-refractivity contribution in [3.8, 4) is 0 Å². The largest absolute Gasteiger partial charge is 0.378 e. The molecular formula is C13H12N2S2. The SMILES string of the molecule is CC(Nc1ccc2ncsc2c1)c1ccsc1. The first-order chi connectivity index (χ1) is 8.33. The smallest absolute Gasteiger partial charge is 0.0813 e. The molecule has 2 heterocycles. The van der Waals surface area contributed by atoms with Gasteiger partial charge in [0, 0.05) is 11.7 Å². The quantitative estimate of drug-likeness (QED) is 0.748. The fraction of sp³-hybridized carbons (Fsp3) is 0.154. The first kappa shape index (κ1) is 10.7. The maximum absolute atomic E-state index is 4.28. The van der Waals surface area contributed by atoms with Crippen LogP contribution in [0.3, 0.4) is 0 Å². The molecular weight excluding hydrogens is 248 g/mol. The average molecular weight is 260 g/mol. The molecule has 1 N–H and O–H groups in total. The van der Waals surface area contributed by atoms with E-state index in [0.717, 1.165) is 11.2 Å². The molecule has 17 heavy (non-hydrogen) atoms. The summed E-state index contributed by atoms with van der Waals surface area (Å²) < 4.78 is 1.23. The predicted molar refractivity (Wildman–Crippen MR) is 76.0 cm³/mol. The molecule has 3 aromatic rings. The van der Waals surface area contributed by atoms with Gasteiger partial charge in [0.05, 0.1) is 15.7 Å². The van der Waals surface area contributed by atoms with Gasteiger partial charge in [-0.05, 0) is 47.5 Å². The molecule has 2 aromatic heterocycles. The first-order valence-corrected chi connectivity index (χ1v) is 7.27. The molecule has 0 amide bonds. The lowest BCUT2D eigenvalue weighted by molar-refractivity contribution is 0.891. The van der Waals surface area contributed by atoms with Crippen LogP contribution in [0, 0.1) is 0 Å². The number of thiazole rings is 1. The molecule has 0 bridgehead atoms. The van der Waals surface area contributed by atoms with Crippen LogP contribution >= 0.6 is 22.7 Å². The Morgan fingerprint density at radius 2 is 2.24 bits per heavy atom. The van der Waals surface area contributed by atoms with Gasteiger partial charge in [-0.3, -0.25) is 0 Å². The van der Waals surface area contributed by atoms with Crippen LogP contribution < -0.4 is 5.32 Å². The zero-order valence-electron chi connectivity index (χ0n) is 9.38. The zero-order valence-corrected chi connectivity index (χ0v) is 11.0. The van der Waals surface area contributed by atoms with Crippen molar-refractivity contribution in [3.63, 3.8) is 0 Å². The van der Waals surface area contributed by atoms with Gasteiger partial charge in [-0.1, -0.05) is 0 Å². The Morgan fingerprint density at radius 1 is 1.29 bits per heavy atom. The molecule has 86 valence electrons. The highest BCUT2D eigenvalue weighted by Gasteiger charge is 2.06. The standard InChI is InChI=1S/C13H12N2S2/c1-9(10-4-5-16-7-10)15-11-2-3-12-13(6-11)17-8-14-12/h2-9,15H,1H3. The number of thiophene rings is 1. The van der Waals surface area contributed by atoms with E-state index in [1.165, 1.54) is 10.3 Å². The van der Waals surface area contributed by atoms with Gasteiger partial charge < -0.3 is 5.32 Å². The molecule has 0 fully saturated rings. The molecule has 1 unspecified atom stereocenters. The highest BCUT2D eigenvalue weighted by atomic mass is 32.1. The van der Waals surface area contributed by atoms with Crippen LogP contribution in [0.15, 0.2) is 40.5 Å². The van der Waals surface area contributed by atoms with Crippen molar-refractivity contribution in [2.24, 2.45) is 0 Å². The van der Waals surface area contributed by atoms with Crippen molar-refractivity contribution < 1.29 is 0 Å². The third-order valence-corrected chi connectivity index (χ3v) is 4.25. The molecule has 0 saturated carbocycles. The molecule has 1 atom stereocenters. The van der Waals surface area contributed by atoms with Crippen molar-refractivity contribution in [3.05, 3.63) is 46.1 Å². The predicted octanol–water partition coefficient (Wildman–Crippen LogP) is 4.53. The maximum atomic E-state index is 4.28. The van der Waals surface area contributed by atoms with Crippen molar-refractivity contribution in [2.45, 2.75) is 13.0 Å². The van der Waals surface area contributed by atoms with Crippen LogP contribution in [-0.4, -0.2) is 4.98 Å². The van der Waals surface area contributed by atoms with E-state index in [-0.39, 0.29) is 0 Å². The average Bonchev–Trinajstić information content (AvgIpc) is 2.99. The van der Waals surface area contributed by atoms with Crippen LogP contribution in [0.2, 0.25) is 0 Å². The van der Waals surface area contributed by atoms with Gasteiger partial charge in [0.15, 0.2) is 0 Å². The van der Waals surface area contributed by atoms with Crippen LogP contribution in [0.1, 0.15) is 18.5 Å². The van der Waals surface area contributed by atoms with Crippen LogP contribution in [-0.2, 0) is 0 Å². The molecule has 0 spiro atoms. The van der Waals surface area contributed by atoms with Gasteiger partial charge >= 0.3 is 0 Å². The first-order valence-electron chi connectivity index (χ1n) is 5.45. The lowest BCUT2D eigenvalue weighted by Gasteiger charge is -2.13. The van der Waals surface area contributed by atoms with Crippen LogP contribution in [0.4, 0.5) is 5.69 Å². The lowest BCUT2D eigenvalue weighted by atomic mass is 10.1. The minimum absolute atomic E-state index is 0.339. The molecule has 4 heteroatoms. The second-order valence-corrected chi connectivity index (χ2v) is 5.62. The third kappa shape index (κ3) is 2.18. The summed E-state index contributed by atoms with van der Waals surface area (Å²) in [5, 5.41) is 7.81. The highest BCUT2D eigenvalue weighted by molar-refractivity contribution is 7.16. The van der Waals surface area contributed by atoms with E-state index in [4.69, 9.17) is 0 Å². The van der Waals surface area contributed by atoms with Gasteiger partial charge in [-0.25, -0.2) is 4.98 Å². The minimum Gasteiger partial charge on any atom is -0.378 e. The topological polar surface area (TPSA) is 24.9 Å². The number of rotatable bonds is 3. The van der Waals surface area contributed by atoms with E-state index in [1.807, 2.05) is 5.51 Å². The van der Waals surface area contributed by atoms with Crippen molar-refractivity contribution >= 4 is 38.6 Å². The Morgan fingerprint density at radius 3 is 3.06 bits per heavy atom. The number of anilines is 1. The van der Waals surface area contributed by atoms with Crippen molar-refractivity contribution in [2.75, 3.05) is 5.32 Å². The summed E-state index contributed by atoms with van der Waals surface area (Å²) in [7, 11) is 0. The van der Waals surface area contributed by atoms with E-state index in [9.17, 15) is 0 Å². The molecule has 0 radical (unpaired) electrons. The Balaban J connectivity index is 1.84. The summed E-state index contributed by atoms with van der Waals surface area (Å²) in [5.41, 5.74) is 5.44. The van der Waals surface area contributed by atoms with Crippen molar-refractivity contribution in [1.29, 1.82) is 0 Å². The van der Waals surface area contributed by atoms with E-state index >= 15 is 0 Å². The number of hydrogen-bond donors (Lipinski definition) is 1. The Kier molecular flexibility index (Phi) is 2.82.